The van der Waals surface area contributed by atoms with Crippen molar-refractivity contribution in [3.8, 4) is 0 Å². The number of alkyl halides is 1. The molecule has 2 bridgehead atoms. The molecule has 0 aromatic carbocycles. The topological polar surface area (TPSA) is 98.7 Å². The average Bonchev–Trinajstić information content (AvgIpc) is 3.36. The van der Waals surface area contributed by atoms with Gasteiger partial charge in [0.05, 0.1) is 29.2 Å². The van der Waals surface area contributed by atoms with E-state index in [1.54, 1.807) is 16.7 Å². The number of carbonyl (C=O) groups is 3. The zero-order chi connectivity index (χ0) is 24.3. The quantitative estimate of drug-likeness (QED) is 0.258. The molecule has 3 fully saturated rings. The van der Waals surface area contributed by atoms with Crippen LogP contribution < -0.4 is 10.6 Å². The molecule has 3 amide bonds. The molecule has 1 spiro atoms. The molecular weight excluding hydrogens is 506 g/mol. The molecule has 3 aliphatic heterocycles. The number of aliphatic hydroxyl groups excluding tert-OH is 1. The smallest absolute Gasteiger partial charge is 0.244 e. The number of fused-ring (bicyclic) bond motifs is 1. The molecule has 3 heterocycles. The van der Waals surface area contributed by atoms with E-state index in [2.05, 4.69) is 47.3 Å². The van der Waals surface area contributed by atoms with Gasteiger partial charge in [0.1, 0.15) is 6.04 Å². The second-order valence-electron chi connectivity index (χ2n) is 10.2. The van der Waals surface area contributed by atoms with Crippen LogP contribution in [0.1, 0.15) is 66.2 Å². The van der Waals surface area contributed by atoms with Crippen molar-refractivity contribution in [1.29, 1.82) is 0 Å². The summed E-state index contributed by atoms with van der Waals surface area (Å²) in [6.07, 6.45) is 5.10. The Morgan fingerprint density at radius 3 is 2.48 bits per heavy atom. The minimum absolute atomic E-state index is 0.0361. The summed E-state index contributed by atoms with van der Waals surface area (Å²) in [6, 6.07) is -1.11. The summed E-state index contributed by atoms with van der Waals surface area (Å²) in [4.78, 5) is 42.5. The Morgan fingerprint density at radius 2 is 1.88 bits per heavy atom. The lowest BCUT2D eigenvalue weighted by atomic mass is 9.70. The maximum absolute atomic E-state index is 14.0. The van der Waals surface area contributed by atoms with E-state index in [4.69, 9.17) is 0 Å². The largest absolute Gasteiger partial charge is 0.394 e. The summed E-state index contributed by atoms with van der Waals surface area (Å²) in [5.74, 6) is -1.12. The van der Waals surface area contributed by atoms with Gasteiger partial charge in [-0.1, -0.05) is 56.5 Å². The van der Waals surface area contributed by atoms with E-state index in [-0.39, 0.29) is 40.3 Å². The fraction of sp³-hybridized carbons (Fsp3) is 0.875. The van der Waals surface area contributed by atoms with Gasteiger partial charge >= 0.3 is 0 Å². The lowest BCUT2D eigenvalue weighted by molar-refractivity contribution is -0.143. The maximum Gasteiger partial charge on any atom is 0.244 e. The number of hydrogen-bond acceptors (Lipinski definition) is 5. The van der Waals surface area contributed by atoms with Crippen LogP contribution in [0.15, 0.2) is 0 Å². The number of halogens is 1. The molecule has 0 saturated carbocycles. The third-order valence-electron chi connectivity index (χ3n) is 7.25. The van der Waals surface area contributed by atoms with Crippen molar-refractivity contribution in [2.24, 2.45) is 17.8 Å². The summed E-state index contributed by atoms with van der Waals surface area (Å²) in [5, 5.41) is 16.3. The normalized spacial score (nSPS) is 33.5. The lowest BCUT2D eigenvalue weighted by Crippen LogP contribution is -2.57. The second-order valence-corrected chi connectivity index (χ2v) is 12.9. The number of aliphatic hydroxyl groups is 1. The van der Waals surface area contributed by atoms with Crippen molar-refractivity contribution in [2.75, 3.05) is 19.7 Å². The third kappa shape index (κ3) is 4.96. The van der Waals surface area contributed by atoms with Crippen molar-refractivity contribution in [3.63, 3.8) is 0 Å². The van der Waals surface area contributed by atoms with Crippen molar-refractivity contribution in [2.45, 2.75) is 93.1 Å². The standard InChI is InChI=1S/C24H40BrN3O4S/c1-5-7-8-10-27-22(31)20-24-12-16(25)19(33-24)17(21(30)26-9-6-2)18(24)23(32)28(20)15(13-29)11-14(3)4/h14-20,29H,5-13H2,1-4H3,(H,26,30)(H,27,31)/t15-,16?,17+,18+,19+,20?,24?/m1/s1. The van der Waals surface area contributed by atoms with Crippen molar-refractivity contribution >= 4 is 45.4 Å². The number of nitrogens with one attached hydrogen (secondary N) is 2. The van der Waals surface area contributed by atoms with Gasteiger partial charge in [0.15, 0.2) is 0 Å². The molecule has 188 valence electrons. The molecule has 0 aromatic rings. The molecule has 33 heavy (non-hydrogen) atoms. The van der Waals surface area contributed by atoms with Gasteiger partial charge in [0, 0.05) is 23.2 Å². The van der Waals surface area contributed by atoms with Crippen LogP contribution in [0.5, 0.6) is 0 Å². The van der Waals surface area contributed by atoms with Gasteiger partial charge in [-0.15, -0.1) is 11.8 Å². The van der Waals surface area contributed by atoms with Crippen LogP contribution in [0.2, 0.25) is 0 Å². The Kier molecular flexibility index (Phi) is 9.17. The predicted octanol–water partition coefficient (Wildman–Crippen LogP) is 2.69. The van der Waals surface area contributed by atoms with Gasteiger partial charge in [0.2, 0.25) is 17.7 Å². The summed E-state index contributed by atoms with van der Waals surface area (Å²) >= 11 is 5.43. The van der Waals surface area contributed by atoms with Crippen LogP contribution >= 0.6 is 27.7 Å². The SMILES string of the molecule is CCCCCNC(=O)C1N([C@@H](CO)CC(C)C)C(=O)[C@@H]2[C@H](C(=O)NCCC)[C@H]3SC12CC3Br. The van der Waals surface area contributed by atoms with E-state index < -0.39 is 28.7 Å². The van der Waals surface area contributed by atoms with Crippen LogP contribution in [0, 0.1) is 17.8 Å². The monoisotopic (exact) mass is 545 g/mol. The van der Waals surface area contributed by atoms with Crippen LogP contribution in [-0.2, 0) is 14.4 Å². The molecule has 3 aliphatic rings. The minimum atomic E-state index is -0.674. The Morgan fingerprint density at radius 1 is 1.18 bits per heavy atom. The van der Waals surface area contributed by atoms with Gasteiger partial charge in [-0.3, -0.25) is 14.4 Å². The number of rotatable bonds is 12. The average molecular weight is 547 g/mol. The minimum Gasteiger partial charge on any atom is -0.394 e. The Hall–Kier alpha value is -0.800. The maximum atomic E-state index is 14.0. The highest BCUT2D eigenvalue weighted by Gasteiger charge is 2.76. The van der Waals surface area contributed by atoms with Gasteiger partial charge in [-0.2, -0.15) is 0 Å². The Labute approximate surface area is 210 Å². The van der Waals surface area contributed by atoms with E-state index in [0.717, 1.165) is 25.7 Å². The zero-order valence-corrected chi connectivity index (χ0v) is 22.7. The first-order valence-corrected chi connectivity index (χ1v) is 14.3. The highest BCUT2D eigenvalue weighted by Crippen LogP contribution is 2.68. The molecule has 3 saturated heterocycles. The van der Waals surface area contributed by atoms with Gasteiger partial charge < -0.3 is 20.6 Å². The molecule has 0 radical (unpaired) electrons. The van der Waals surface area contributed by atoms with E-state index in [0.29, 0.717) is 25.9 Å². The first-order valence-electron chi connectivity index (χ1n) is 12.5. The van der Waals surface area contributed by atoms with Crippen molar-refractivity contribution in [3.05, 3.63) is 0 Å². The molecule has 7 atom stereocenters. The highest BCUT2D eigenvalue weighted by molar-refractivity contribution is 9.09. The fourth-order valence-electron chi connectivity index (χ4n) is 5.93. The second kappa shape index (κ2) is 11.3. The third-order valence-corrected chi connectivity index (χ3v) is 10.5. The number of nitrogens with zero attached hydrogens (tertiary/aromatic N) is 1. The van der Waals surface area contributed by atoms with Crippen LogP contribution in [-0.4, -0.2) is 74.3 Å². The highest BCUT2D eigenvalue weighted by atomic mass is 79.9. The first kappa shape index (κ1) is 26.8. The van der Waals surface area contributed by atoms with E-state index in [9.17, 15) is 19.5 Å². The van der Waals surface area contributed by atoms with Crippen LogP contribution in [0.3, 0.4) is 0 Å². The van der Waals surface area contributed by atoms with Gasteiger partial charge in [-0.05, 0) is 31.6 Å². The summed E-state index contributed by atoms with van der Waals surface area (Å²) in [7, 11) is 0. The molecule has 0 aliphatic carbocycles. The van der Waals surface area contributed by atoms with Crippen LogP contribution in [0.4, 0.5) is 0 Å². The number of unbranched alkanes of at least 4 members (excludes halogenated alkanes) is 2. The first-order chi connectivity index (χ1) is 15.7. The van der Waals surface area contributed by atoms with E-state index in [1.807, 2.05) is 6.92 Å². The molecule has 0 aromatic heterocycles. The van der Waals surface area contributed by atoms with Crippen LogP contribution in [0.25, 0.3) is 0 Å². The number of amides is 3. The van der Waals surface area contributed by atoms with Crippen molar-refractivity contribution < 1.29 is 19.5 Å². The molecule has 7 nitrogen and oxygen atoms in total. The Bertz CT molecular complexity index is 738. The predicted molar refractivity (Wildman–Crippen MR) is 135 cm³/mol. The number of thioether (sulfide) groups is 1. The van der Waals surface area contributed by atoms with E-state index in [1.165, 1.54) is 0 Å². The van der Waals surface area contributed by atoms with E-state index >= 15 is 0 Å². The summed E-state index contributed by atoms with van der Waals surface area (Å²) in [6.45, 7) is 9.19. The number of likely N-dealkylation sites (tertiary alicyclic amines) is 1. The molecular formula is C24H40BrN3O4S. The molecule has 3 N–H and O–H groups in total. The summed E-state index contributed by atoms with van der Waals surface area (Å²) < 4.78 is -0.649. The Balaban J connectivity index is 1.97. The molecule has 3 rings (SSSR count). The number of carbonyl (C=O) groups excluding carboxylic acids is 3. The molecule has 3 unspecified atom stereocenters. The zero-order valence-electron chi connectivity index (χ0n) is 20.3. The fourth-order valence-corrected chi connectivity index (χ4v) is 9.53. The molecule has 9 heteroatoms. The van der Waals surface area contributed by atoms with Gasteiger partial charge in [-0.25, -0.2) is 0 Å². The summed E-state index contributed by atoms with van der Waals surface area (Å²) in [5.41, 5.74) is 0. The lowest BCUT2D eigenvalue weighted by Gasteiger charge is -2.37. The number of hydrogen-bond donors (Lipinski definition) is 3. The van der Waals surface area contributed by atoms with Gasteiger partial charge in [0.25, 0.3) is 0 Å². The van der Waals surface area contributed by atoms with Crippen molar-refractivity contribution in [1.82, 2.24) is 15.5 Å².